The summed E-state index contributed by atoms with van der Waals surface area (Å²) in [5.41, 5.74) is 16.1. The molecule has 0 atom stereocenters. The molecule has 0 spiro atoms. The molecule has 0 saturated carbocycles. The molecule has 69 heavy (non-hydrogen) atoms. The molecule has 0 N–H and O–H groups in total. The molecule has 5 aromatic heterocycles. The fourth-order valence-corrected chi connectivity index (χ4v) is 9.92. The lowest BCUT2D eigenvalue weighted by Crippen LogP contribution is -2.00. The van der Waals surface area contributed by atoms with Gasteiger partial charge in [-0.3, -0.25) is 4.98 Å². The van der Waals surface area contributed by atoms with E-state index in [1.807, 2.05) is 36.4 Å². The lowest BCUT2D eigenvalue weighted by atomic mass is 10.0. The third-order valence-electron chi connectivity index (χ3n) is 13.4. The van der Waals surface area contributed by atoms with E-state index in [-0.39, 0.29) is 0 Å². The van der Waals surface area contributed by atoms with Gasteiger partial charge in [-0.25, -0.2) is 15.0 Å². The molecule has 0 unspecified atom stereocenters. The van der Waals surface area contributed by atoms with E-state index in [0.29, 0.717) is 17.5 Å². The number of fused-ring (bicyclic) bond motifs is 9. The van der Waals surface area contributed by atoms with Crippen LogP contribution in [0.15, 0.2) is 234 Å². The Kier molecular flexibility index (Phi) is 8.75. The predicted molar refractivity (Wildman–Crippen MR) is 279 cm³/mol. The number of nitrogens with zero attached hydrogens (tertiary/aromatic N) is 5. The summed E-state index contributed by atoms with van der Waals surface area (Å²) in [7, 11) is 0. The minimum Gasteiger partial charge on any atom is -0.456 e. The van der Waals surface area contributed by atoms with Crippen LogP contribution in [-0.4, -0.2) is 24.5 Å². The van der Waals surface area contributed by atoms with E-state index in [9.17, 15) is 0 Å². The summed E-state index contributed by atoms with van der Waals surface area (Å²) in [5, 5.41) is 6.72. The molecule has 7 heteroatoms. The molecular weight excluding hydrogens is 847 g/mol. The molecule has 0 aliphatic heterocycles. The number of hydrogen-bond donors (Lipinski definition) is 0. The Hall–Kier alpha value is -9.46. The van der Waals surface area contributed by atoms with Crippen LogP contribution in [0, 0.1) is 0 Å². The summed E-state index contributed by atoms with van der Waals surface area (Å²) in [4.78, 5) is 19.5. The minimum atomic E-state index is 0.562. The number of furan rings is 2. The van der Waals surface area contributed by atoms with E-state index in [1.165, 1.54) is 10.8 Å². The zero-order valence-corrected chi connectivity index (χ0v) is 36.9. The second kappa shape index (κ2) is 15.6. The maximum absolute atomic E-state index is 6.22. The second-order valence-electron chi connectivity index (χ2n) is 17.5. The van der Waals surface area contributed by atoms with Crippen molar-refractivity contribution >= 4 is 65.7 Å². The predicted octanol–water partition coefficient (Wildman–Crippen LogP) is 16.2. The lowest BCUT2D eigenvalue weighted by molar-refractivity contribution is 0.667. The van der Waals surface area contributed by atoms with Crippen LogP contribution < -0.4 is 0 Å². The first-order valence-electron chi connectivity index (χ1n) is 23.0. The zero-order chi connectivity index (χ0) is 45.4. The van der Waals surface area contributed by atoms with Crippen molar-refractivity contribution in [2.45, 2.75) is 0 Å². The van der Waals surface area contributed by atoms with Gasteiger partial charge in [-0.2, -0.15) is 0 Å². The van der Waals surface area contributed by atoms with E-state index in [1.54, 1.807) is 12.4 Å². The standard InChI is InChI=1S/C62H37N5O2/c1-2-8-38(9-3-1)39-14-18-42(19-15-39)60-64-61(66-62(65-60)46-25-30-51-52-32-33-63-37-59(52)69-58(51)36-46)43-20-16-40(17-21-43)41-22-27-47(28-23-41)67-54-12-6-4-10-48(54)49-29-24-45(35-55(49)67)44-26-31-57-53(34-44)50-11-5-7-13-56(50)68-57/h1-37H. The molecule has 14 rings (SSSR count). The number of para-hydroxylation sites is 2. The van der Waals surface area contributed by atoms with E-state index < -0.39 is 0 Å². The van der Waals surface area contributed by atoms with Gasteiger partial charge in [-0.1, -0.05) is 152 Å². The van der Waals surface area contributed by atoms with Gasteiger partial charge in [0.1, 0.15) is 16.7 Å². The third kappa shape index (κ3) is 6.59. The number of pyridine rings is 1. The summed E-state index contributed by atoms with van der Waals surface area (Å²) in [6.07, 6.45) is 3.53. The Morgan fingerprint density at radius 3 is 1.54 bits per heavy atom. The quantitative estimate of drug-likeness (QED) is 0.159. The second-order valence-corrected chi connectivity index (χ2v) is 17.5. The van der Waals surface area contributed by atoms with Crippen LogP contribution >= 0.6 is 0 Å². The number of aromatic nitrogens is 5. The molecule has 5 heterocycles. The van der Waals surface area contributed by atoms with E-state index in [4.69, 9.17) is 23.8 Å². The van der Waals surface area contributed by atoms with Crippen molar-refractivity contribution in [1.29, 1.82) is 0 Å². The summed E-state index contributed by atoms with van der Waals surface area (Å²) < 4.78 is 14.8. The molecular formula is C62H37N5O2. The molecule has 322 valence electrons. The topological polar surface area (TPSA) is 82.8 Å². The summed E-state index contributed by atoms with van der Waals surface area (Å²) >= 11 is 0. The smallest absolute Gasteiger partial charge is 0.164 e. The van der Waals surface area contributed by atoms with Crippen LogP contribution in [0.3, 0.4) is 0 Å². The van der Waals surface area contributed by atoms with Gasteiger partial charge in [-0.15, -0.1) is 0 Å². The van der Waals surface area contributed by atoms with Crippen LogP contribution in [0.1, 0.15) is 0 Å². The maximum Gasteiger partial charge on any atom is 0.164 e. The molecule has 0 amide bonds. The normalized spacial score (nSPS) is 11.8. The Labute approximate surface area is 395 Å². The highest BCUT2D eigenvalue weighted by molar-refractivity contribution is 6.11. The van der Waals surface area contributed by atoms with Gasteiger partial charge in [0, 0.05) is 60.9 Å². The molecule has 0 aliphatic carbocycles. The molecule has 14 aromatic rings. The fourth-order valence-electron chi connectivity index (χ4n) is 9.92. The highest BCUT2D eigenvalue weighted by atomic mass is 16.3. The van der Waals surface area contributed by atoms with E-state index in [2.05, 4.69) is 185 Å². The van der Waals surface area contributed by atoms with Crippen LogP contribution in [0.2, 0.25) is 0 Å². The lowest BCUT2D eigenvalue weighted by Gasteiger charge is -2.11. The van der Waals surface area contributed by atoms with Crippen molar-refractivity contribution in [3.8, 4) is 73.2 Å². The van der Waals surface area contributed by atoms with Crippen LogP contribution in [0.25, 0.3) is 139 Å². The van der Waals surface area contributed by atoms with Crippen molar-refractivity contribution in [3.63, 3.8) is 0 Å². The largest absolute Gasteiger partial charge is 0.456 e. The average molecular weight is 884 g/mol. The summed E-state index contributed by atoms with van der Waals surface area (Å²) in [6, 6.07) is 74.4. The van der Waals surface area contributed by atoms with E-state index >= 15 is 0 Å². The van der Waals surface area contributed by atoms with Crippen molar-refractivity contribution in [2.75, 3.05) is 0 Å². The molecule has 0 fully saturated rings. The minimum absolute atomic E-state index is 0.562. The van der Waals surface area contributed by atoms with Gasteiger partial charge in [0.15, 0.2) is 23.1 Å². The first-order chi connectivity index (χ1) is 34.1. The average Bonchev–Trinajstić information content (AvgIpc) is 4.10. The molecule has 0 radical (unpaired) electrons. The van der Waals surface area contributed by atoms with Crippen molar-refractivity contribution in [2.24, 2.45) is 0 Å². The Balaban J connectivity index is 0.812. The molecule has 0 saturated heterocycles. The third-order valence-corrected chi connectivity index (χ3v) is 13.4. The maximum atomic E-state index is 6.22. The Bertz CT molecular complexity index is 4280. The van der Waals surface area contributed by atoms with Crippen LogP contribution in [0.5, 0.6) is 0 Å². The van der Waals surface area contributed by atoms with Gasteiger partial charge in [0.2, 0.25) is 0 Å². The summed E-state index contributed by atoms with van der Waals surface area (Å²) in [6.45, 7) is 0. The van der Waals surface area contributed by atoms with Gasteiger partial charge < -0.3 is 13.4 Å². The van der Waals surface area contributed by atoms with Gasteiger partial charge >= 0.3 is 0 Å². The summed E-state index contributed by atoms with van der Waals surface area (Å²) in [5.74, 6) is 1.74. The SMILES string of the molecule is c1ccc(-c2ccc(-c3nc(-c4ccc(-c5ccc(-n6c7ccccc7c7ccc(-c8ccc9oc%10ccccc%10c9c8)cc76)cc5)cc4)nc(-c4ccc5c(c4)oc4cnccc45)n3)cc2)cc1. The Morgan fingerprint density at radius 2 is 0.783 bits per heavy atom. The molecule has 9 aromatic carbocycles. The van der Waals surface area contributed by atoms with Crippen molar-refractivity contribution in [3.05, 3.63) is 225 Å². The molecule has 0 bridgehead atoms. The van der Waals surface area contributed by atoms with Gasteiger partial charge in [0.25, 0.3) is 0 Å². The van der Waals surface area contributed by atoms with Crippen LogP contribution in [0.4, 0.5) is 0 Å². The zero-order valence-electron chi connectivity index (χ0n) is 36.9. The molecule has 0 aliphatic rings. The van der Waals surface area contributed by atoms with Gasteiger partial charge in [-0.05, 0) is 94.0 Å². The highest BCUT2D eigenvalue weighted by Crippen LogP contribution is 2.38. The highest BCUT2D eigenvalue weighted by Gasteiger charge is 2.18. The van der Waals surface area contributed by atoms with Crippen LogP contribution in [-0.2, 0) is 0 Å². The number of benzene rings is 9. The fraction of sp³-hybridized carbons (Fsp3) is 0. The monoisotopic (exact) mass is 883 g/mol. The number of hydrogen-bond acceptors (Lipinski definition) is 6. The molecule has 7 nitrogen and oxygen atoms in total. The van der Waals surface area contributed by atoms with E-state index in [0.717, 1.165) is 111 Å². The van der Waals surface area contributed by atoms with Gasteiger partial charge in [0.05, 0.1) is 17.2 Å². The number of rotatable bonds is 7. The van der Waals surface area contributed by atoms with Crippen molar-refractivity contribution < 1.29 is 8.83 Å². The first-order valence-corrected chi connectivity index (χ1v) is 23.0. The van der Waals surface area contributed by atoms with Crippen molar-refractivity contribution in [1.82, 2.24) is 24.5 Å². The first kappa shape index (κ1) is 38.8. The Morgan fingerprint density at radius 1 is 0.290 bits per heavy atom.